The van der Waals surface area contributed by atoms with Crippen molar-refractivity contribution in [2.75, 3.05) is 13.2 Å². The number of carbonyl (C=O) groups excluding carboxylic acids is 2. The van der Waals surface area contributed by atoms with Crippen molar-refractivity contribution in [1.82, 2.24) is 0 Å². The fourth-order valence-corrected chi connectivity index (χ4v) is 6.50. The Morgan fingerprint density at radius 3 is 1.62 bits per heavy atom. The fourth-order valence-electron chi connectivity index (χ4n) is 5.53. The van der Waals surface area contributed by atoms with Crippen molar-refractivity contribution in [2.24, 2.45) is 0 Å². The second-order valence-electron chi connectivity index (χ2n) is 13.8. The van der Waals surface area contributed by atoms with Gasteiger partial charge in [-0.15, -0.1) is 0 Å². The summed E-state index contributed by atoms with van der Waals surface area (Å²) in [6.07, 6.45) is 25.7. The molecule has 1 aliphatic carbocycles. The van der Waals surface area contributed by atoms with Crippen molar-refractivity contribution < 1.29 is 63.1 Å². The molecule has 0 bridgehead atoms. The van der Waals surface area contributed by atoms with E-state index in [-0.39, 0.29) is 12.8 Å². The lowest BCUT2D eigenvalue weighted by atomic mass is 9.85. The van der Waals surface area contributed by atoms with Crippen LogP contribution >= 0.6 is 7.82 Å². The molecule has 6 unspecified atom stereocenters. The van der Waals surface area contributed by atoms with Crippen LogP contribution in [-0.2, 0) is 32.7 Å². The number of aliphatic hydroxyl groups is 5. The molecule has 0 amide bonds. The minimum atomic E-state index is -5.14. The zero-order valence-corrected chi connectivity index (χ0v) is 34.3. The number of ether oxygens (including phenoxy) is 2. The maximum absolute atomic E-state index is 12.7. The molecule has 1 aliphatic rings. The summed E-state index contributed by atoms with van der Waals surface area (Å²) in [6.45, 7) is 3.03. The van der Waals surface area contributed by atoms with Crippen LogP contribution in [0.15, 0.2) is 72.9 Å². The Labute approximate surface area is 334 Å². The van der Waals surface area contributed by atoms with E-state index < -0.39 is 75.7 Å². The molecule has 0 aromatic heterocycles. The summed E-state index contributed by atoms with van der Waals surface area (Å²) in [5.74, 6) is -1.27. The van der Waals surface area contributed by atoms with Crippen LogP contribution in [0.2, 0.25) is 0 Å². The molecule has 6 N–H and O–H groups in total. The number of rotatable bonds is 31. The molecule has 0 aliphatic heterocycles. The molecule has 0 heterocycles. The predicted molar refractivity (Wildman–Crippen MR) is 216 cm³/mol. The molecule has 1 fully saturated rings. The number of phosphoric acid groups is 1. The number of carbonyl (C=O) groups is 2. The second kappa shape index (κ2) is 32.3. The van der Waals surface area contributed by atoms with Gasteiger partial charge in [0.1, 0.15) is 43.2 Å². The van der Waals surface area contributed by atoms with Gasteiger partial charge in [0.25, 0.3) is 0 Å². The summed E-state index contributed by atoms with van der Waals surface area (Å²) in [5.41, 5.74) is 0. The zero-order chi connectivity index (χ0) is 41.4. The van der Waals surface area contributed by atoms with Gasteiger partial charge in [0.05, 0.1) is 13.0 Å². The maximum atomic E-state index is 12.7. The first kappa shape index (κ1) is 51.3. The first-order valence-electron chi connectivity index (χ1n) is 20.2. The normalized spacial score (nSPS) is 23.6. The van der Waals surface area contributed by atoms with E-state index in [4.69, 9.17) is 18.5 Å². The first-order valence-corrected chi connectivity index (χ1v) is 21.7. The molecular weight excluding hydrogens is 743 g/mol. The molecular formula is C42H69O13P. The zero-order valence-electron chi connectivity index (χ0n) is 33.4. The summed E-state index contributed by atoms with van der Waals surface area (Å²) < 4.78 is 33.2. The third kappa shape index (κ3) is 24.8. The number of aliphatic hydroxyl groups excluding tert-OH is 5. The van der Waals surface area contributed by atoms with E-state index in [1.165, 1.54) is 19.3 Å². The predicted octanol–water partition coefficient (Wildman–Crippen LogP) is 6.77. The molecule has 320 valence electrons. The van der Waals surface area contributed by atoms with E-state index in [1.54, 1.807) is 12.2 Å². The molecule has 6 atom stereocenters. The number of esters is 2. The fraction of sp³-hybridized carbons (Fsp3) is 0.667. The van der Waals surface area contributed by atoms with Crippen molar-refractivity contribution in [3.63, 3.8) is 0 Å². The van der Waals surface area contributed by atoms with Gasteiger partial charge in [-0.3, -0.25) is 18.6 Å². The van der Waals surface area contributed by atoms with E-state index in [9.17, 15) is 44.6 Å². The third-order valence-corrected chi connectivity index (χ3v) is 9.80. The van der Waals surface area contributed by atoms with Crippen LogP contribution in [0.5, 0.6) is 0 Å². The molecule has 0 aromatic carbocycles. The number of hydrogen-bond donors (Lipinski definition) is 6. The SMILES string of the molecule is CC/C=C\C/C=C\C/C=C\C/C=C\C/C=C\CC(=O)OC(COC(=O)CCCCCCC/C=C\CCCCC)COP(=O)(O)OC1C(O)C(O)C(O)C(O)C1O. The maximum Gasteiger partial charge on any atom is 0.472 e. The van der Waals surface area contributed by atoms with Crippen molar-refractivity contribution in [2.45, 2.75) is 166 Å². The quantitative estimate of drug-likeness (QED) is 0.0185. The lowest BCUT2D eigenvalue weighted by Gasteiger charge is -2.41. The summed E-state index contributed by atoms with van der Waals surface area (Å²) >= 11 is 0. The summed E-state index contributed by atoms with van der Waals surface area (Å²) in [7, 11) is -5.14. The van der Waals surface area contributed by atoms with Crippen LogP contribution in [0.1, 0.15) is 123 Å². The number of hydrogen-bond acceptors (Lipinski definition) is 12. The van der Waals surface area contributed by atoms with Gasteiger partial charge in [-0.05, 0) is 64.2 Å². The van der Waals surface area contributed by atoms with Gasteiger partial charge in [-0.1, -0.05) is 119 Å². The highest BCUT2D eigenvalue weighted by molar-refractivity contribution is 7.47. The monoisotopic (exact) mass is 812 g/mol. The lowest BCUT2D eigenvalue weighted by molar-refractivity contribution is -0.220. The summed E-state index contributed by atoms with van der Waals surface area (Å²) in [6, 6.07) is 0. The molecule has 56 heavy (non-hydrogen) atoms. The van der Waals surface area contributed by atoms with Crippen LogP contribution in [0.3, 0.4) is 0 Å². The molecule has 0 spiro atoms. The molecule has 1 rings (SSSR count). The van der Waals surface area contributed by atoms with Crippen LogP contribution in [0, 0.1) is 0 Å². The average Bonchev–Trinajstić information content (AvgIpc) is 3.18. The largest absolute Gasteiger partial charge is 0.472 e. The van der Waals surface area contributed by atoms with Crippen molar-refractivity contribution in [1.29, 1.82) is 0 Å². The highest BCUT2D eigenvalue weighted by atomic mass is 31.2. The third-order valence-electron chi connectivity index (χ3n) is 8.81. The van der Waals surface area contributed by atoms with E-state index in [1.807, 2.05) is 12.2 Å². The second-order valence-corrected chi connectivity index (χ2v) is 15.2. The van der Waals surface area contributed by atoms with Crippen LogP contribution < -0.4 is 0 Å². The average molecular weight is 813 g/mol. The summed E-state index contributed by atoms with van der Waals surface area (Å²) in [5, 5.41) is 50.0. The molecule has 13 nitrogen and oxygen atoms in total. The van der Waals surface area contributed by atoms with Gasteiger partial charge in [0, 0.05) is 6.42 Å². The Balaban J connectivity index is 2.61. The van der Waals surface area contributed by atoms with E-state index >= 15 is 0 Å². The smallest absolute Gasteiger partial charge is 0.462 e. The molecule has 0 saturated heterocycles. The van der Waals surface area contributed by atoms with Gasteiger partial charge in [0.2, 0.25) is 0 Å². The Morgan fingerprint density at radius 2 is 1.07 bits per heavy atom. The van der Waals surface area contributed by atoms with Crippen LogP contribution in [0.25, 0.3) is 0 Å². The number of phosphoric ester groups is 1. The standard InChI is InChI=1S/C42H69O13P/c1-3-5-7-9-11-13-15-17-18-19-21-23-25-27-29-31-36(44)54-34(32-52-35(43)30-28-26-24-22-20-16-14-12-10-8-6-4-2)33-53-56(50,51)55-42-40(48)38(46)37(45)39(47)41(42)49/h5,7,11-14,17-18,21,23,27,29,34,37-42,45-49H,3-4,6,8-10,15-16,19-20,22,24-26,28,30-33H2,1-2H3,(H,50,51)/b7-5-,13-11-,14-12-,18-17-,23-21-,29-27-. The molecule has 0 radical (unpaired) electrons. The minimum Gasteiger partial charge on any atom is -0.462 e. The molecule has 1 saturated carbocycles. The van der Waals surface area contributed by atoms with Gasteiger partial charge < -0.3 is 39.9 Å². The number of unbranched alkanes of at least 4 members (excludes halogenated alkanes) is 8. The highest BCUT2D eigenvalue weighted by Gasteiger charge is 2.51. The van der Waals surface area contributed by atoms with Gasteiger partial charge in [-0.2, -0.15) is 0 Å². The number of allylic oxidation sites excluding steroid dienone is 11. The van der Waals surface area contributed by atoms with E-state index in [2.05, 4.69) is 62.5 Å². The van der Waals surface area contributed by atoms with Gasteiger partial charge in [-0.25, -0.2) is 4.57 Å². The van der Waals surface area contributed by atoms with Crippen molar-refractivity contribution in [3.8, 4) is 0 Å². The highest BCUT2D eigenvalue weighted by Crippen LogP contribution is 2.47. The van der Waals surface area contributed by atoms with Crippen molar-refractivity contribution >= 4 is 19.8 Å². The first-order chi connectivity index (χ1) is 26.9. The topological polar surface area (TPSA) is 210 Å². The van der Waals surface area contributed by atoms with Crippen LogP contribution in [-0.4, -0.2) is 98.3 Å². The lowest BCUT2D eigenvalue weighted by Crippen LogP contribution is -2.64. The Kier molecular flexibility index (Phi) is 29.6. The Hall–Kier alpha value is -2.71. The molecule has 0 aromatic rings. The van der Waals surface area contributed by atoms with Gasteiger partial charge in [0.15, 0.2) is 6.10 Å². The van der Waals surface area contributed by atoms with Crippen LogP contribution in [0.4, 0.5) is 0 Å². The Morgan fingerprint density at radius 1 is 0.589 bits per heavy atom. The van der Waals surface area contributed by atoms with Crippen molar-refractivity contribution in [3.05, 3.63) is 72.9 Å². The summed E-state index contributed by atoms with van der Waals surface area (Å²) in [4.78, 5) is 35.4. The van der Waals surface area contributed by atoms with Gasteiger partial charge >= 0.3 is 19.8 Å². The van der Waals surface area contributed by atoms with E-state index in [0.29, 0.717) is 12.8 Å². The minimum absolute atomic E-state index is 0.133. The van der Waals surface area contributed by atoms with E-state index in [0.717, 1.165) is 64.2 Å². The molecule has 14 heteroatoms. The Bertz CT molecular complexity index is 1260.